The first kappa shape index (κ1) is 14.8. The summed E-state index contributed by atoms with van der Waals surface area (Å²) in [7, 11) is 0. The van der Waals surface area contributed by atoms with Crippen LogP contribution in [-0.2, 0) is 9.59 Å². The molecule has 1 aliphatic rings. The monoisotopic (exact) mass is 273 g/mol. The summed E-state index contributed by atoms with van der Waals surface area (Å²) in [6.07, 6.45) is 1.61. The number of hydrogen-bond donors (Lipinski definition) is 0. The molecule has 0 spiro atoms. The highest BCUT2D eigenvalue weighted by atomic mass is 16.2. The van der Waals surface area contributed by atoms with E-state index in [0.717, 1.165) is 16.8 Å². The van der Waals surface area contributed by atoms with Crippen LogP contribution in [0.5, 0.6) is 0 Å². The maximum Gasteiger partial charge on any atom is 0.233 e. The minimum Gasteiger partial charge on any atom is -0.274 e. The van der Waals surface area contributed by atoms with Gasteiger partial charge in [-0.05, 0) is 29.4 Å². The Labute approximate surface area is 121 Å². The lowest BCUT2D eigenvalue weighted by molar-refractivity contribution is -0.129. The number of benzene rings is 1. The fraction of sp³-hybridized carbons (Fsp3) is 0.529. The molecule has 0 radical (unpaired) electrons. The Morgan fingerprint density at radius 3 is 1.75 bits per heavy atom. The predicted octanol–water partition coefficient (Wildman–Crippen LogP) is 3.98. The Kier molecular flexibility index (Phi) is 4.26. The van der Waals surface area contributed by atoms with Gasteiger partial charge in [0.2, 0.25) is 11.8 Å². The number of hydrogen-bond acceptors (Lipinski definition) is 2. The van der Waals surface area contributed by atoms with E-state index in [1.54, 1.807) is 0 Å². The first-order chi connectivity index (χ1) is 9.43. The van der Waals surface area contributed by atoms with Crippen molar-refractivity contribution in [1.29, 1.82) is 0 Å². The van der Waals surface area contributed by atoms with Crippen LogP contribution in [0.4, 0.5) is 5.69 Å². The summed E-state index contributed by atoms with van der Waals surface area (Å²) in [4.78, 5) is 26.0. The molecule has 3 nitrogen and oxygen atoms in total. The SMILES string of the molecule is CC(C)c1cccc(C(C)C)c1N1C(=O)CCCC1=O. The Morgan fingerprint density at radius 1 is 0.900 bits per heavy atom. The first-order valence-electron chi connectivity index (χ1n) is 7.42. The summed E-state index contributed by atoms with van der Waals surface area (Å²) in [5, 5.41) is 0. The molecule has 0 atom stereocenters. The maximum absolute atomic E-state index is 12.3. The van der Waals surface area contributed by atoms with Gasteiger partial charge >= 0.3 is 0 Å². The average Bonchev–Trinajstić information content (AvgIpc) is 2.38. The lowest BCUT2D eigenvalue weighted by Gasteiger charge is -2.31. The topological polar surface area (TPSA) is 37.4 Å². The quantitative estimate of drug-likeness (QED) is 0.781. The molecule has 0 bridgehead atoms. The highest BCUT2D eigenvalue weighted by molar-refractivity contribution is 6.17. The second-order valence-corrected chi connectivity index (χ2v) is 6.07. The van der Waals surface area contributed by atoms with Crippen LogP contribution in [0.1, 0.15) is 69.9 Å². The summed E-state index contributed by atoms with van der Waals surface area (Å²) in [6.45, 7) is 8.40. The molecule has 0 aliphatic carbocycles. The number of nitrogens with zero attached hydrogens (tertiary/aromatic N) is 1. The van der Waals surface area contributed by atoms with Crippen LogP contribution in [0.25, 0.3) is 0 Å². The van der Waals surface area contributed by atoms with Crippen molar-refractivity contribution in [2.75, 3.05) is 4.90 Å². The smallest absolute Gasteiger partial charge is 0.233 e. The standard InChI is InChI=1S/C17H23NO2/c1-11(2)13-7-5-8-14(12(3)4)17(13)18-15(19)9-6-10-16(18)20/h5,7-8,11-12H,6,9-10H2,1-4H3. The Bertz CT molecular complexity index is 490. The molecule has 2 amide bonds. The van der Waals surface area contributed by atoms with Crippen molar-refractivity contribution in [3.8, 4) is 0 Å². The van der Waals surface area contributed by atoms with Gasteiger partial charge in [0.05, 0.1) is 5.69 Å². The van der Waals surface area contributed by atoms with E-state index in [1.165, 1.54) is 4.90 Å². The Morgan fingerprint density at radius 2 is 1.35 bits per heavy atom. The number of carbonyl (C=O) groups excluding carboxylic acids is 2. The van der Waals surface area contributed by atoms with Crippen molar-refractivity contribution >= 4 is 17.5 Å². The van der Waals surface area contributed by atoms with Crippen molar-refractivity contribution in [3.63, 3.8) is 0 Å². The van der Waals surface area contributed by atoms with Gasteiger partial charge in [0.1, 0.15) is 0 Å². The van der Waals surface area contributed by atoms with Crippen molar-refractivity contribution in [2.24, 2.45) is 0 Å². The van der Waals surface area contributed by atoms with Gasteiger partial charge in [0.25, 0.3) is 0 Å². The van der Waals surface area contributed by atoms with Gasteiger partial charge in [-0.1, -0.05) is 45.9 Å². The summed E-state index contributed by atoms with van der Waals surface area (Å²) < 4.78 is 0. The fourth-order valence-electron chi connectivity index (χ4n) is 2.77. The minimum atomic E-state index is -0.0590. The predicted molar refractivity (Wildman–Crippen MR) is 81.0 cm³/mol. The Hall–Kier alpha value is -1.64. The highest BCUT2D eigenvalue weighted by Gasteiger charge is 2.31. The minimum absolute atomic E-state index is 0.0590. The van der Waals surface area contributed by atoms with E-state index in [1.807, 2.05) is 18.2 Å². The van der Waals surface area contributed by atoms with E-state index in [4.69, 9.17) is 0 Å². The van der Waals surface area contributed by atoms with Gasteiger partial charge in [-0.2, -0.15) is 0 Å². The van der Waals surface area contributed by atoms with Crippen LogP contribution in [-0.4, -0.2) is 11.8 Å². The van der Waals surface area contributed by atoms with Crippen molar-refractivity contribution in [1.82, 2.24) is 0 Å². The third kappa shape index (κ3) is 2.62. The summed E-state index contributed by atoms with van der Waals surface area (Å²) in [5.74, 6) is 0.449. The average molecular weight is 273 g/mol. The van der Waals surface area contributed by atoms with Gasteiger partial charge in [-0.15, -0.1) is 0 Å². The molecule has 1 aromatic rings. The fourth-order valence-corrected chi connectivity index (χ4v) is 2.77. The number of imide groups is 1. The summed E-state index contributed by atoms with van der Waals surface area (Å²) in [6, 6.07) is 6.08. The third-order valence-corrected chi connectivity index (χ3v) is 3.85. The number of rotatable bonds is 3. The van der Waals surface area contributed by atoms with Crippen molar-refractivity contribution in [2.45, 2.75) is 58.8 Å². The van der Waals surface area contributed by atoms with Crippen LogP contribution < -0.4 is 4.90 Å². The number of anilines is 1. The normalized spacial score (nSPS) is 16.4. The van der Waals surface area contributed by atoms with Crippen LogP contribution in [0.3, 0.4) is 0 Å². The second kappa shape index (κ2) is 5.78. The zero-order valence-corrected chi connectivity index (χ0v) is 12.8. The molecule has 0 saturated carbocycles. The molecule has 1 aliphatic heterocycles. The first-order valence-corrected chi connectivity index (χ1v) is 7.42. The van der Waals surface area contributed by atoms with Crippen molar-refractivity contribution < 1.29 is 9.59 Å². The number of piperidine rings is 1. The summed E-state index contributed by atoms with van der Waals surface area (Å²) in [5.41, 5.74) is 3.01. The number of carbonyl (C=O) groups is 2. The van der Waals surface area contributed by atoms with Gasteiger partial charge in [0, 0.05) is 12.8 Å². The molecule has 0 aromatic heterocycles. The largest absolute Gasteiger partial charge is 0.274 e. The zero-order valence-electron chi connectivity index (χ0n) is 12.8. The summed E-state index contributed by atoms with van der Waals surface area (Å²) >= 11 is 0. The van der Waals surface area contributed by atoms with Crippen LogP contribution in [0, 0.1) is 0 Å². The molecule has 0 N–H and O–H groups in total. The molecule has 3 heteroatoms. The maximum atomic E-state index is 12.3. The molecule has 1 saturated heterocycles. The second-order valence-electron chi connectivity index (χ2n) is 6.07. The van der Waals surface area contributed by atoms with Gasteiger partial charge in [-0.25, -0.2) is 0 Å². The zero-order chi connectivity index (χ0) is 14.9. The highest BCUT2D eigenvalue weighted by Crippen LogP contribution is 2.37. The molecule has 108 valence electrons. The molecule has 1 heterocycles. The lowest BCUT2D eigenvalue weighted by atomic mass is 9.91. The number of amides is 2. The van der Waals surface area contributed by atoms with Crippen molar-refractivity contribution in [3.05, 3.63) is 29.3 Å². The van der Waals surface area contributed by atoms with Gasteiger partial charge in [-0.3, -0.25) is 14.5 Å². The lowest BCUT2D eigenvalue weighted by Crippen LogP contribution is -2.41. The molecule has 0 unspecified atom stereocenters. The van der Waals surface area contributed by atoms with Crippen LogP contribution >= 0.6 is 0 Å². The van der Waals surface area contributed by atoms with E-state index in [-0.39, 0.29) is 23.7 Å². The van der Waals surface area contributed by atoms with Crippen LogP contribution in [0.15, 0.2) is 18.2 Å². The van der Waals surface area contributed by atoms with Gasteiger partial charge < -0.3 is 0 Å². The molecule has 2 rings (SSSR count). The third-order valence-electron chi connectivity index (χ3n) is 3.85. The van der Waals surface area contributed by atoms with Gasteiger partial charge in [0.15, 0.2) is 0 Å². The van der Waals surface area contributed by atoms with E-state index in [2.05, 4.69) is 27.7 Å². The van der Waals surface area contributed by atoms with E-state index >= 15 is 0 Å². The van der Waals surface area contributed by atoms with Crippen LogP contribution in [0.2, 0.25) is 0 Å². The van der Waals surface area contributed by atoms with E-state index < -0.39 is 0 Å². The Balaban J connectivity index is 2.63. The molecule has 1 fully saturated rings. The number of para-hydroxylation sites is 1. The molecule has 1 aromatic carbocycles. The van der Waals surface area contributed by atoms with E-state index in [9.17, 15) is 9.59 Å². The molecule has 20 heavy (non-hydrogen) atoms. The molecular formula is C17H23NO2. The van der Waals surface area contributed by atoms with E-state index in [0.29, 0.717) is 19.3 Å². The molecular weight excluding hydrogens is 250 g/mol.